The lowest BCUT2D eigenvalue weighted by Gasteiger charge is -2.39. The molecule has 0 aromatic heterocycles. The van der Waals surface area contributed by atoms with Crippen LogP contribution in [0.4, 0.5) is 31.1 Å². The molecule has 0 unspecified atom stereocenters. The van der Waals surface area contributed by atoms with Gasteiger partial charge in [0.15, 0.2) is 0 Å². The highest BCUT2D eigenvalue weighted by Gasteiger charge is 2.37. The molecule has 0 aromatic rings. The quantitative estimate of drug-likeness (QED) is 0.672. The van der Waals surface area contributed by atoms with Gasteiger partial charge in [-0.05, 0) is 20.8 Å². The Bertz CT molecular complexity index is 475. The second-order valence-corrected chi connectivity index (χ2v) is 7.14. The second kappa shape index (κ2) is 10.7. The van der Waals surface area contributed by atoms with E-state index in [9.17, 15) is 31.1 Å². The fourth-order valence-electron chi connectivity index (χ4n) is 1.82. The molecule has 2 heterocycles. The van der Waals surface area contributed by atoms with Crippen molar-refractivity contribution in [1.29, 1.82) is 0 Å². The van der Waals surface area contributed by atoms with Crippen LogP contribution in [0.1, 0.15) is 20.8 Å². The lowest BCUT2D eigenvalue weighted by molar-refractivity contribution is -0.197. The third-order valence-corrected chi connectivity index (χ3v) is 3.21. The number of carbonyl (C=O) groups excluding carboxylic acids is 1. The summed E-state index contributed by atoms with van der Waals surface area (Å²) in [6.07, 6.45) is -9.82. The van der Waals surface area contributed by atoms with E-state index < -0.39 is 43.4 Å². The summed E-state index contributed by atoms with van der Waals surface area (Å²) in [5.74, 6) is 0. The first-order valence-electron chi connectivity index (χ1n) is 8.20. The van der Waals surface area contributed by atoms with Crippen LogP contribution in [0, 0.1) is 0 Å². The Kier molecular flexibility index (Phi) is 10.3. The molecule has 2 saturated heterocycles. The SMILES string of the molecule is CC(C)(C)OC(=O)N1CC(OCC(F)(F)F)C1.Cl.FC(F)(F)COC1CNC1. The van der Waals surface area contributed by atoms with Gasteiger partial charge in [-0.25, -0.2) is 4.79 Å². The molecule has 0 spiro atoms. The summed E-state index contributed by atoms with van der Waals surface area (Å²) in [4.78, 5) is 12.7. The first-order chi connectivity index (χ1) is 12.1. The smallest absolute Gasteiger partial charge is 0.411 e. The zero-order valence-corrected chi connectivity index (χ0v) is 16.5. The molecule has 0 aromatic carbocycles. The zero-order chi connectivity index (χ0) is 20.9. The van der Waals surface area contributed by atoms with Crippen LogP contribution in [0.15, 0.2) is 0 Å². The molecule has 2 aliphatic heterocycles. The van der Waals surface area contributed by atoms with E-state index in [1.54, 1.807) is 20.8 Å². The van der Waals surface area contributed by atoms with E-state index in [1.165, 1.54) is 4.90 Å². The Morgan fingerprint density at radius 2 is 1.36 bits per heavy atom. The highest BCUT2D eigenvalue weighted by molar-refractivity contribution is 5.85. The highest BCUT2D eigenvalue weighted by Crippen LogP contribution is 2.21. The topological polar surface area (TPSA) is 60.0 Å². The maximum Gasteiger partial charge on any atom is 0.411 e. The van der Waals surface area contributed by atoms with Crippen LogP contribution >= 0.6 is 12.4 Å². The van der Waals surface area contributed by atoms with Crippen LogP contribution in [0.25, 0.3) is 0 Å². The number of nitrogens with one attached hydrogen (secondary N) is 1. The first kappa shape index (κ1) is 27.0. The number of likely N-dealkylation sites (tertiary alicyclic amines) is 1. The zero-order valence-electron chi connectivity index (χ0n) is 15.7. The van der Waals surface area contributed by atoms with Crippen LogP contribution in [0.3, 0.4) is 0 Å². The van der Waals surface area contributed by atoms with Crippen LogP contribution < -0.4 is 5.32 Å². The normalized spacial score (nSPS) is 18.2. The summed E-state index contributed by atoms with van der Waals surface area (Å²) >= 11 is 0. The van der Waals surface area contributed by atoms with E-state index in [4.69, 9.17) is 4.74 Å². The third kappa shape index (κ3) is 12.5. The summed E-state index contributed by atoms with van der Waals surface area (Å²) < 4.78 is 83.8. The molecule has 0 atom stereocenters. The van der Waals surface area contributed by atoms with Crippen molar-refractivity contribution in [3.05, 3.63) is 0 Å². The highest BCUT2D eigenvalue weighted by atomic mass is 35.5. The summed E-state index contributed by atoms with van der Waals surface area (Å²) in [6.45, 7) is 4.13. The molecule has 2 rings (SSSR count). The maximum absolute atomic E-state index is 11.8. The van der Waals surface area contributed by atoms with Crippen molar-refractivity contribution < 1.29 is 45.3 Å². The Morgan fingerprint density at radius 1 is 0.929 bits per heavy atom. The number of nitrogens with zero attached hydrogens (tertiary/aromatic N) is 1. The minimum atomic E-state index is -4.33. The van der Waals surface area contributed by atoms with Gasteiger partial charge in [-0.15, -0.1) is 12.4 Å². The van der Waals surface area contributed by atoms with Gasteiger partial charge in [0.25, 0.3) is 0 Å². The molecule has 0 aliphatic carbocycles. The van der Waals surface area contributed by atoms with Crippen LogP contribution in [-0.4, -0.2) is 80.5 Å². The van der Waals surface area contributed by atoms with Gasteiger partial charge in [-0.3, -0.25) is 0 Å². The Balaban J connectivity index is 0.000000567. The van der Waals surface area contributed by atoms with E-state index >= 15 is 0 Å². The van der Waals surface area contributed by atoms with E-state index in [-0.39, 0.29) is 31.6 Å². The fourth-order valence-corrected chi connectivity index (χ4v) is 1.82. The predicted octanol–water partition coefficient (Wildman–Crippen LogP) is 3.14. The Morgan fingerprint density at radius 3 is 1.68 bits per heavy atom. The van der Waals surface area contributed by atoms with Gasteiger partial charge in [0, 0.05) is 13.1 Å². The minimum Gasteiger partial charge on any atom is -0.444 e. The van der Waals surface area contributed by atoms with Crippen molar-refractivity contribution in [2.45, 2.75) is 50.9 Å². The van der Waals surface area contributed by atoms with Crippen molar-refractivity contribution >= 4 is 18.5 Å². The molecule has 28 heavy (non-hydrogen) atoms. The van der Waals surface area contributed by atoms with E-state index in [0.717, 1.165) is 0 Å². The number of halogens is 7. The lowest BCUT2D eigenvalue weighted by Crippen LogP contribution is -2.56. The van der Waals surface area contributed by atoms with E-state index in [1.807, 2.05) is 0 Å². The molecule has 1 amide bonds. The number of ether oxygens (including phenoxy) is 3. The number of rotatable bonds is 4. The Hall–Kier alpha value is -0.980. The van der Waals surface area contributed by atoms with Crippen LogP contribution in [0.2, 0.25) is 0 Å². The number of hydrogen-bond acceptors (Lipinski definition) is 5. The fraction of sp³-hybridized carbons (Fsp3) is 0.933. The third-order valence-electron chi connectivity index (χ3n) is 3.21. The minimum absolute atomic E-state index is 0. The van der Waals surface area contributed by atoms with Crippen molar-refractivity contribution in [1.82, 2.24) is 10.2 Å². The van der Waals surface area contributed by atoms with Crippen molar-refractivity contribution in [2.24, 2.45) is 0 Å². The van der Waals surface area contributed by atoms with Gasteiger partial charge in [0.2, 0.25) is 0 Å². The summed E-state index contributed by atoms with van der Waals surface area (Å²) in [6, 6.07) is 0. The van der Waals surface area contributed by atoms with E-state index in [2.05, 4.69) is 14.8 Å². The molecule has 13 heteroatoms. The van der Waals surface area contributed by atoms with Gasteiger partial charge in [-0.1, -0.05) is 0 Å². The molecule has 0 bridgehead atoms. The number of carbonyl (C=O) groups is 1. The number of alkyl halides is 6. The molecular formula is C15H25ClF6N2O4. The predicted molar refractivity (Wildman–Crippen MR) is 89.5 cm³/mol. The van der Waals surface area contributed by atoms with Crippen molar-refractivity contribution in [3.63, 3.8) is 0 Å². The van der Waals surface area contributed by atoms with Gasteiger partial charge < -0.3 is 24.4 Å². The largest absolute Gasteiger partial charge is 0.444 e. The molecule has 1 N–H and O–H groups in total. The standard InChI is InChI=1S/C10H16F3NO3.C5H8F3NO.ClH/c1-9(2,3)17-8(15)14-4-7(5-14)16-6-10(11,12)13;6-5(7,8)3-10-4-1-9-2-4;/h7H,4-6H2,1-3H3;4,9H,1-3H2;1H. The molecule has 0 saturated carbocycles. The van der Waals surface area contributed by atoms with E-state index in [0.29, 0.717) is 13.1 Å². The summed E-state index contributed by atoms with van der Waals surface area (Å²) in [5.41, 5.74) is -0.602. The number of hydrogen-bond donors (Lipinski definition) is 1. The summed E-state index contributed by atoms with van der Waals surface area (Å²) in [5, 5.41) is 2.81. The summed E-state index contributed by atoms with van der Waals surface area (Å²) in [7, 11) is 0. The molecule has 0 radical (unpaired) electrons. The van der Waals surface area contributed by atoms with Crippen molar-refractivity contribution in [3.8, 4) is 0 Å². The maximum atomic E-state index is 11.8. The van der Waals surface area contributed by atoms with Crippen molar-refractivity contribution in [2.75, 3.05) is 39.4 Å². The second-order valence-electron chi connectivity index (χ2n) is 7.14. The molecule has 168 valence electrons. The van der Waals surface area contributed by atoms with Crippen LogP contribution in [0.5, 0.6) is 0 Å². The molecule has 2 fully saturated rings. The van der Waals surface area contributed by atoms with Crippen LogP contribution in [-0.2, 0) is 14.2 Å². The van der Waals surface area contributed by atoms with Gasteiger partial charge in [0.05, 0.1) is 25.3 Å². The van der Waals surface area contributed by atoms with Gasteiger partial charge in [0.1, 0.15) is 18.8 Å². The lowest BCUT2D eigenvalue weighted by atomic mass is 10.2. The average molecular weight is 447 g/mol. The van der Waals surface area contributed by atoms with Gasteiger partial charge in [-0.2, -0.15) is 26.3 Å². The van der Waals surface area contributed by atoms with Gasteiger partial charge >= 0.3 is 18.4 Å². The molecule has 2 aliphatic rings. The monoisotopic (exact) mass is 446 g/mol. The molecule has 6 nitrogen and oxygen atoms in total. The average Bonchev–Trinajstić information content (AvgIpc) is 2.30. The number of amides is 1. The Labute approximate surface area is 165 Å². The molecular weight excluding hydrogens is 422 g/mol. The first-order valence-corrected chi connectivity index (χ1v) is 8.20.